The van der Waals surface area contributed by atoms with Gasteiger partial charge in [0.2, 0.25) is 5.91 Å². The molecular weight excluding hydrogens is 410 g/mol. The maximum absolute atomic E-state index is 12.5. The topological polar surface area (TPSA) is 71.4 Å². The summed E-state index contributed by atoms with van der Waals surface area (Å²) >= 11 is 0.868. The summed E-state index contributed by atoms with van der Waals surface area (Å²) in [6, 6.07) is 17.3. The maximum atomic E-state index is 12.5. The molecule has 3 amide bonds. The lowest BCUT2D eigenvalue weighted by molar-refractivity contribution is -0.122. The minimum Gasteiger partial charge on any atom is -0.350 e. The molecular formula is C24H19N3O3S. The number of aromatic nitrogens is 1. The fourth-order valence-corrected chi connectivity index (χ4v) is 4.23. The molecule has 3 aromatic rings. The third kappa shape index (κ3) is 4.39. The van der Waals surface area contributed by atoms with Crippen LogP contribution in [0.15, 0.2) is 65.7 Å². The molecule has 0 aliphatic carbocycles. The van der Waals surface area contributed by atoms with E-state index in [0.29, 0.717) is 11.4 Å². The fourth-order valence-electron chi connectivity index (χ4n) is 3.40. The van der Waals surface area contributed by atoms with Crippen LogP contribution in [0.1, 0.15) is 11.1 Å². The van der Waals surface area contributed by atoms with Gasteiger partial charge in [-0.1, -0.05) is 54.5 Å². The standard InChI is InChI=1S/C24H19N3O3S/c1-2-12-27-23(29)21(31-24(27)30)13-18-15-26(20-11-7-6-10-19(18)20)16-22(28)25-14-17-8-4-3-5-9-17/h1,3-11,13,15H,12,14,16H2,(H,25,28)/b21-13-. The number of thioether (sulfide) groups is 1. The van der Waals surface area contributed by atoms with Gasteiger partial charge in [-0.05, 0) is 29.5 Å². The monoisotopic (exact) mass is 429 g/mol. The van der Waals surface area contributed by atoms with Crippen LogP contribution in [-0.2, 0) is 22.7 Å². The highest BCUT2D eigenvalue weighted by Gasteiger charge is 2.34. The minimum atomic E-state index is -0.398. The van der Waals surface area contributed by atoms with E-state index in [2.05, 4.69) is 11.2 Å². The zero-order valence-corrected chi connectivity index (χ0v) is 17.4. The number of fused-ring (bicyclic) bond motifs is 1. The molecule has 0 unspecified atom stereocenters. The van der Waals surface area contributed by atoms with Crippen molar-refractivity contribution in [1.82, 2.24) is 14.8 Å². The molecule has 1 N–H and O–H groups in total. The molecule has 2 heterocycles. The summed E-state index contributed by atoms with van der Waals surface area (Å²) in [5, 5.41) is 3.44. The lowest BCUT2D eigenvalue weighted by atomic mass is 10.1. The molecule has 1 aromatic heterocycles. The van der Waals surface area contributed by atoms with Crippen molar-refractivity contribution in [2.24, 2.45) is 0 Å². The molecule has 1 fully saturated rings. The summed E-state index contributed by atoms with van der Waals surface area (Å²) in [4.78, 5) is 38.4. The van der Waals surface area contributed by atoms with Crippen LogP contribution in [0.5, 0.6) is 0 Å². The molecule has 7 heteroatoms. The molecule has 1 aliphatic heterocycles. The Balaban J connectivity index is 1.57. The molecule has 0 atom stereocenters. The molecule has 1 aliphatic rings. The van der Waals surface area contributed by atoms with Crippen LogP contribution < -0.4 is 5.32 Å². The number of para-hydroxylation sites is 1. The van der Waals surface area contributed by atoms with Crippen molar-refractivity contribution in [3.05, 3.63) is 76.8 Å². The van der Waals surface area contributed by atoms with Gasteiger partial charge in [-0.3, -0.25) is 19.3 Å². The summed E-state index contributed by atoms with van der Waals surface area (Å²) in [5.74, 6) is 1.81. The molecule has 2 aromatic carbocycles. The SMILES string of the molecule is C#CCN1C(=O)S/C(=C\c2cn(CC(=O)NCc3ccccc3)c3ccccc23)C1=O. The van der Waals surface area contributed by atoms with Gasteiger partial charge in [-0.25, -0.2) is 0 Å². The Morgan fingerprint density at radius 1 is 1.10 bits per heavy atom. The lowest BCUT2D eigenvalue weighted by Gasteiger charge is -2.07. The third-order valence-corrected chi connectivity index (χ3v) is 5.78. The number of carbonyl (C=O) groups is 3. The number of benzene rings is 2. The van der Waals surface area contributed by atoms with Crippen molar-refractivity contribution in [1.29, 1.82) is 0 Å². The van der Waals surface area contributed by atoms with Crippen molar-refractivity contribution < 1.29 is 14.4 Å². The molecule has 154 valence electrons. The predicted molar refractivity (Wildman–Crippen MR) is 122 cm³/mol. The molecule has 6 nitrogen and oxygen atoms in total. The number of terminal acetylenes is 1. The Hall–Kier alpha value is -3.76. The van der Waals surface area contributed by atoms with Crippen molar-refractivity contribution in [2.45, 2.75) is 13.1 Å². The van der Waals surface area contributed by atoms with Crippen LogP contribution in [0, 0.1) is 12.3 Å². The number of hydrogen-bond acceptors (Lipinski definition) is 4. The maximum Gasteiger partial charge on any atom is 0.294 e. The molecule has 4 rings (SSSR count). The normalized spacial score (nSPS) is 14.9. The summed E-state index contributed by atoms with van der Waals surface area (Å²) in [5.41, 5.74) is 2.65. The first kappa shape index (κ1) is 20.5. The van der Waals surface area contributed by atoms with E-state index >= 15 is 0 Å². The first-order valence-electron chi connectivity index (χ1n) is 9.64. The Labute approximate surface area is 183 Å². The Kier molecular flexibility index (Phi) is 5.92. The Bertz CT molecular complexity index is 1240. The average molecular weight is 430 g/mol. The molecule has 0 radical (unpaired) electrons. The Morgan fingerprint density at radius 3 is 2.61 bits per heavy atom. The highest BCUT2D eigenvalue weighted by molar-refractivity contribution is 8.18. The van der Waals surface area contributed by atoms with E-state index in [4.69, 9.17) is 6.42 Å². The quantitative estimate of drug-likeness (QED) is 0.480. The van der Waals surface area contributed by atoms with Gasteiger partial charge in [0.25, 0.3) is 11.1 Å². The van der Waals surface area contributed by atoms with Crippen molar-refractivity contribution >= 4 is 45.8 Å². The molecule has 0 bridgehead atoms. The number of nitrogens with one attached hydrogen (secondary N) is 1. The Morgan fingerprint density at radius 2 is 1.84 bits per heavy atom. The van der Waals surface area contributed by atoms with Crippen LogP contribution in [0.2, 0.25) is 0 Å². The number of hydrogen-bond donors (Lipinski definition) is 1. The molecule has 31 heavy (non-hydrogen) atoms. The highest BCUT2D eigenvalue weighted by Crippen LogP contribution is 2.33. The van der Waals surface area contributed by atoms with Crippen molar-refractivity contribution in [3.8, 4) is 12.3 Å². The van der Waals surface area contributed by atoms with E-state index < -0.39 is 5.91 Å². The second-order valence-corrected chi connectivity index (χ2v) is 7.96. The van der Waals surface area contributed by atoms with Gasteiger partial charge in [0.1, 0.15) is 6.54 Å². The van der Waals surface area contributed by atoms with Gasteiger partial charge < -0.3 is 9.88 Å². The van der Waals surface area contributed by atoms with Gasteiger partial charge in [0, 0.05) is 29.2 Å². The van der Waals surface area contributed by atoms with Crippen molar-refractivity contribution in [3.63, 3.8) is 0 Å². The van der Waals surface area contributed by atoms with Crippen LogP contribution in [0.4, 0.5) is 4.79 Å². The van der Waals surface area contributed by atoms with Gasteiger partial charge in [0.05, 0.1) is 11.4 Å². The van der Waals surface area contributed by atoms with E-state index in [0.717, 1.165) is 38.7 Å². The second kappa shape index (κ2) is 8.94. The van der Waals surface area contributed by atoms with Crippen LogP contribution in [0.25, 0.3) is 17.0 Å². The number of carbonyl (C=O) groups excluding carboxylic acids is 3. The molecule has 0 saturated carbocycles. The number of rotatable bonds is 6. The van der Waals surface area contributed by atoms with Gasteiger partial charge in [0.15, 0.2) is 0 Å². The first-order valence-corrected chi connectivity index (χ1v) is 10.5. The van der Waals surface area contributed by atoms with E-state index in [1.165, 1.54) is 0 Å². The third-order valence-electron chi connectivity index (χ3n) is 4.88. The summed E-state index contributed by atoms with van der Waals surface area (Å²) in [7, 11) is 0. The van der Waals surface area contributed by atoms with Crippen molar-refractivity contribution in [2.75, 3.05) is 6.54 Å². The highest BCUT2D eigenvalue weighted by atomic mass is 32.2. The number of nitrogens with zero attached hydrogens (tertiary/aromatic N) is 2. The molecule has 1 saturated heterocycles. The van der Waals surface area contributed by atoms with Crippen LogP contribution in [0.3, 0.4) is 0 Å². The van der Waals surface area contributed by atoms with E-state index in [1.807, 2.05) is 65.4 Å². The first-order chi connectivity index (χ1) is 15.1. The fraction of sp³-hybridized carbons (Fsp3) is 0.125. The zero-order chi connectivity index (χ0) is 21.8. The number of amides is 3. The van der Waals surface area contributed by atoms with E-state index in [1.54, 1.807) is 6.08 Å². The largest absolute Gasteiger partial charge is 0.350 e. The second-order valence-electron chi connectivity index (χ2n) is 6.96. The van der Waals surface area contributed by atoms with E-state index in [-0.39, 0.29) is 24.2 Å². The minimum absolute atomic E-state index is 0.0502. The smallest absolute Gasteiger partial charge is 0.294 e. The summed E-state index contributed by atoms with van der Waals surface area (Å²) in [6.07, 6.45) is 8.75. The summed E-state index contributed by atoms with van der Waals surface area (Å²) in [6.45, 7) is 0.541. The van der Waals surface area contributed by atoms with E-state index in [9.17, 15) is 14.4 Å². The van der Waals surface area contributed by atoms with Gasteiger partial charge in [-0.2, -0.15) is 0 Å². The van der Waals surface area contributed by atoms with Crippen LogP contribution in [-0.4, -0.2) is 33.1 Å². The average Bonchev–Trinajstić information content (AvgIpc) is 3.25. The lowest BCUT2D eigenvalue weighted by Crippen LogP contribution is -2.28. The van der Waals surface area contributed by atoms with Gasteiger partial charge >= 0.3 is 0 Å². The molecule has 0 spiro atoms. The number of imide groups is 1. The van der Waals surface area contributed by atoms with Gasteiger partial charge in [-0.15, -0.1) is 6.42 Å². The zero-order valence-electron chi connectivity index (χ0n) is 16.6. The predicted octanol–water partition coefficient (Wildman–Crippen LogP) is 3.63. The summed E-state index contributed by atoms with van der Waals surface area (Å²) < 4.78 is 1.84. The van der Waals surface area contributed by atoms with Crippen LogP contribution >= 0.6 is 11.8 Å².